The van der Waals surface area contributed by atoms with Crippen LogP contribution in [0.2, 0.25) is 0 Å². The van der Waals surface area contributed by atoms with Crippen molar-refractivity contribution in [2.75, 3.05) is 0 Å². The SMILES string of the molecule is C=C(C(=O)O)[C@H]1C[C@H]2C(=C)CCC[C@]2(C)C[C@H]1OC(C)=O. The van der Waals surface area contributed by atoms with Crippen molar-refractivity contribution in [3.05, 3.63) is 24.3 Å². The second kappa shape index (κ2) is 5.66. The summed E-state index contributed by atoms with van der Waals surface area (Å²) in [5.74, 6) is -1.40. The Balaban J connectivity index is 2.29. The minimum absolute atomic E-state index is 0.0464. The summed E-state index contributed by atoms with van der Waals surface area (Å²) < 4.78 is 5.43. The number of carboxylic acid groups (broad SMARTS) is 1. The molecule has 0 aromatic carbocycles. The van der Waals surface area contributed by atoms with Crippen LogP contribution in [-0.2, 0) is 14.3 Å². The number of rotatable bonds is 3. The zero-order valence-corrected chi connectivity index (χ0v) is 12.9. The molecule has 2 aliphatic carbocycles. The van der Waals surface area contributed by atoms with Gasteiger partial charge in [-0.05, 0) is 43.4 Å². The number of fused-ring (bicyclic) bond motifs is 1. The fourth-order valence-electron chi connectivity index (χ4n) is 4.13. The summed E-state index contributed by atoms with van der Waals surface area (Å²) in [6.45, 7) is 11.5. The van der Waals surface area contributed by atoms with Crippen LogP contribution in [0, 0.1) is 17.3 Å². The standard InChI is InChI=1S/C17H24O4/c1-10-6-5-7-17(4)9-15(21-12(3)18)13(8-14(10)17)11(2)16(19)20/h13-15H,1-2,5-9H2,3-4H3,(H,19,20)/t13-,14+,15-,17-/m1/s1. The van der Waals surface area contributed by atoms with Gasteiger partial charge in [0.25, 0.3) is 0 Å². The van der Waals surface area contributed by atoms with Crippen LogP contribution in [0.3, 0.4) is 0 Å². The summed E-state index contributed by atoms with van der Waals surface area (Å²) in [4.78, 5) is 22.7. The van der Waals surface area contributed by atoms with E-state index in [1.54, 1.807) is 0 Å². The number of hydrogen-bond donors (Lipinski definition) is 1. The second-order valence-corrected chi connectivity index (χ2v) is 6.74. The molecule has 0 unspecified atom stereocenters. The third kappa shape index (κ3) is 3.04. The van der Waals surface area contributed by atoms with Crippen molar-refractivity contribution in [1.82, 2.24) is 0 Å². The third-order valence-corrected chi connectivity index (χ3v) is 5.23. The number of ether oxygens (including phenoxy) is 1. The quantitative estimate of drug-likeness (QED) is 0.492. The normalized spacial score (nSPS) is 35.7. The van der Waals surface area contributed by atoms with Crippen molar-refractivity contribution in [3.8, 4) is 0 Å². The number of carbonyl (C=O) groups excluding carboxylic acids is 1. The van der Waals surface area contributed by atoms with Gasteiger partial charge in [-0.2, -0.15) is 0 Å². The topological polar surface area (TPSA) is 63.6 Å². The molecule has 2 rings (SSSR count). The van der Waals surface area contributed by atoms with Gasteiger partial charge >= 0.3 is 11.9 Å². The van der Waals surface area contributed by atoms with Gasteiger partial charge in [0, 0.05) is 18.4 Å². The van der Waals surface area contributed by atoms with E-state index in [1.165, 1.54) is 12.5 Å². The minimum Gasteiger partial charge on any atom is -0.478 e. The molecule has 1 N–H and O–H groups in total. The maximum absolute atomic E-state index is 11.4. The van der Waals surface area contributed by atoms with Crippen LogP contribution in [0.1, 0.15) is 46.0 Å². The molecule has 2 fully saturated rings. The van der Waals surface area contributed by atoms with E-state index in [0.717, 1.165) is 19.3 Å². The van der Waals surface area contributed by atoms with Gasteiger partial charge in [-0.3, -0.25) is 4.79 Å². The Labute approximate surface area is 125 Å². The number of hydrogen-bond acceptors (Lipinski definition) is 3. The van der Waals surface area contributed by atoms with Crippen molar-refractivity contribution in [3.63, 3.8) is 0 Å². The smallest absolute Gasteiger partial charge is 0.331 e. The Bertz CT molecular complexity index is 493. The summed E-state index contributed by atoms with van der Waals surface area (Å²) >= 11 is 0. The molecule has 4 heteroatoms. The van der Waals surface area contributed by atoms with Gasteiger partial charge in [0.1, 0.15) is 6.10 Å². The lowest BCUT2D eigenvalue weighted by Crippen LogP contribution is -2.47. The van der Waals surface area contributed by atoms with Crippen molar-refractivity contribution in [2.24, 2.45) is 17.3 Å². The van der Waals surface area contributed by atoms with Crippen LogP contribution < -0.4 is 0 Å². The van der Waals surface area contributed by atoms with E-state index in [1.807, 2.05) is 0 Å². The van der Waals surface area contributed by atoms with Crippen molar-refractivity contribution in [1.29, 1.82) is 0 Å². The first-order chi connectivity index (χ1) is 9.74. The molecule has 0 spiro atoms. The van der Waals surface area contributed by atoms with Gasteiger partial charge in [-0.1, -0.05) is 25.7 Å². The van der Waals surface area contributed by atoms with Crippen LogP contribution in [0.25, 0.3) is 0 Å². The molecule has 0 aromatic heterocycles. The molecule has 4 nitrogen and oxygen atoms in total. The molecule has 2 saturated carbocycles. The lowest BCUT2D eigenvalue weighted by atomic mass is 9.55. The Kier molecular flexibility index (Phi) is 4.26. The van der Waals surface area contributed by atoms with Crippen molar-refractivity contribution >= 4 is 11.9 Å². The monoisotopic (exact) mass is 292 g/mol. The van der Waals surface area contributed by atoms with Crippen LogP contribution in [-0.4, -0.2) is 23.1 Å². The van der Waals surface area contributed by atoms with E-state index >= 15 is 0 Å². The Morgan fingerprint density at radius 3 is 2.67 bits per heavy atom. The van der Waals surface area contributed by atoms with Crippen LogP contribution in [0.5, 0.6) is 0 Å². The van der Waals surface area contributed by atoms with Crippen molar-refractivity contribution in [2.45, 2.75) is 52.1 Å². The molecule has 21 heavy (non-hydrogen) atoms. The average molecular weight is 292 g/mol. The number of carboxylic acids is 1. The van der Waals surface area contributed by atoms with E-state index in [2.05, 4.69) is 20.1 Å². The lowest BCUT2D eigenvalue weighted by Gasteiger charge is -2.51. The Morgan fingerprint density at radius 2 is 2.10 bits per heavy atom. The molecular weight excluding hydrogens is 268 g/mol. The summed E-state index contributed by atoms with van der Waals surface area (Å²) in [5, 5.41) is 9.25. The molecule has 0 aromatic rings. The highest BCUT2D eigenvalue weighted by Gasteiger charge is 2.49. The number of carbonyl (C=O) groups is 2. The van der Waals surface area contributed by atoms with Crippen molar-refractivity contribution < 1.29 is 19.4 Å². The molecular formula is C17H24O4. The summed E-state index contributed by atoms with van der Waals surface area (Å²) in [6, 6.07) is 0. The first-order valence-electron chi connectivity index (χ1n) is 7.51. The fourth-order valence-corrected chi connectivity index (χ4v) is 4.13. The van der Waals surface area contributed by atoms with Crippen LogP contribution in [0.4, 0.5) is 0 Å². The molecule has 0 radical (unpaired) electrons. The van der Waals surface area contributed by atoms with Gasteiger partial charge in [0.2, 0.25) is 0 Å². The average Bonchev–Trinajstić information content (AvgIpc) is 2.36. The number of allylic oxidation sites excluding steroid dienone is 1. The maximum Gasteiger partial charge on any atom is 0.331 e. The van der Waals surface area contributed by atoms with Gasteiger partial charge in [0.05, 0.1) is 0 Å². The molecule has 0 bridgehead atoms. The van der Waals surface area contributed by atoms with E-state index in [9.17, 15) is 14.7 Å². The third-order valence-electron chi connectivity index (χ3n) is 5.23. The number of esters is 1. The largest absolute Gasteiger partial charge is 0.478 e. The second-order valence-electron chi connectivity index (χ2n) is 6.74. The zero-order valence-electron chi connectivity index (χ0n) is 12.9. The predicted octanol–water partition coefficient (Wildman–Crippen LogP) is 3.33. The molecule has 4 atom stereocenters. The van der Waals surface area contributed by atoms with E-state index in [4.69, 9.17) is 4.74 Å². The van der Waals surface area contributed by atoms with E-state index in [0.29, 0.717) is 18.8 Å². The lowest BCUT2D eigenvalue weighted by molar-refractivity contribution is -0.156. The van der Waals surface area contributed by atoms with Gasteiger partial charge in [-0.25, -0.2) is 4.79 Å². The Hall–Kier alpha value is -1.58. The Morgan fingerprint density at radius 1 is 1.43 bits per heavy atom. The summed E-state index contributed by atoms with van der Waals surface area (Å²) in [7, 11) is 0. The highest BCUT2D eigenvalue weighted by Crippen LogP contribution is 2.55. The highest BCUT2D eigenvalue weighted by molar-refractivity contribution is 5.86. The maximum atomic E-state index is 11.4. The zero-order chi connectivity index (χ0) is 15.8. The molecule has 0 heterocycles. The number of aliphatic carboxylic acids is 1. The molecule has 0 aliphatic heterocycles. The van der Waals surface area contributed by atoms with Crippen LogP contribution >= 0.6 is 0 Å². The minimum atomic E-state index is -1.01. The van der Waals surface area contributed by atoms with E-state index < -0.39 is 12.1 Å². The van der Waals surface area contributed by atoms with Gasteiger partial charge < -0.3 is 9.84 Å². The first kappa shape index (κ1) is 15.8. The fraction of sp³-hybridized carbons (Fsp3) is 0.647. The van der Waals surface area contributed by atoms with Crippen LogP contribution in [0.15, 0.2) is 24.3 Å². The summed E-state index contributed by atoms with van der Waals surface area (Å²) in [5.41, 5.74) is 1.39. The molecule has 2 aliphatic rings. The predicted molar refractivity (Wildman–Crippen MR) is 79.6 cm³/mol. The first-order valence-corrected chi connectivity index (χ1v) is 7.51. The molecule has 116 valence electrons. The molecule has 0 amide bonds. The summed E-state index contributed by atoms with van der Waals surface area (Å²) in [6.07, 6.45) is 4.14. The van der Waals surface area contributed by atoms with Gasteiger partial charge in [0.15, 0.2) is 0 Å². The highest BCUT2D eigenvalue weighted by atomic mass is 16.5. The molecule has 0 saturated heterocycles. The van der Waals surface area contributed by atoms with E-state index in [-0.39, 0.29) is 22.9 Å². The van der Waals surface area contributed by atoms with Gasteiger partial charge in [-0.15, -0.1) is 0 Å².